The van der Waals surface area contributed by atoms with Crippen molar-refractivity contribution in [1.82, 2.24) is 4.57 Å². The third-order valence-electron chi connectivity index (χ3n) is 4.95. The molecule has 4 aromatic rings. The molecule has 0 fully saturated rings. The van der Waals surface area contributed by atoms with Gasteiger partial charge in [-0.25, -0.2) is 4.57 Å². The molecule has 1 aromatic heterocycles. The average Bonchev–Trinajstić information content (AvgIpc) is 2.78. The summed E-state index contributed by atoms with van der Waals surface area (Å²) in [5, 5.41) is 15.7. The number of aryl methyl sites for hydroxylation is 1. The highest BCUT2D eigenvalue weighted by atomic mass is 32.2. The van der Waals surface area contributed by atoms with Gasteiger partial charge >= 0.3 is 0 Å². The van der Waals surface area contributed by atoms with Gasteiger partial charge in [-0.2, -0.15) is 0 Å². The molecule has 3 aromatic carbocycles. The Hall–Kier alpha value is -3.91. The summed E-state index contributed by atoms with van der Waals surface area (Å²) in [6, 6.07) is 20.8. The highest BCUT2D eigenvalue weighted by Gasteiger charge is 2.23. The molecular weight excluding hydrogens is 426 g/mol. The number of benzene rings is 3. The van der Waals surface area contributed by atoms with Gasteiger partial charge in [-0.3, -0.25) is 19.7 Å². The molecule has 0 unspecified atom stereocenters. The minimum atomic E-state index is -0.459. The van der Waals surface area contributed by atoms with Crippen LogP contribution in [0.15, 0.2) is 87.4 Å². The lowest BCUT2D eigenvalue weighted by molar-refractivity contribution is -0.387. The van der Waals surface area contributed by atoms with Crippen LogP contribution in [-0.4, -0.2) is 15.4 Å². The zero-order valence-electron chi connectivity index (χ0n) is 17.4. The Kier molecular flexibility index (Phi) is 5.79. The van der Waals surface area contributed by atoms with Crippen molar-refractivity contribution >= 4 is 45.6 Å². The summed E-state index contributed by atoms with van der Waals surface area (Å²) in [4.78, 5) is 37.8. The van der Waals surface area contributed by atoms with E-state index in [2.05, 4.69) is 5.32 Å². The molecule has 0 bridgehead atoms. The van der Waals surface area contributed by atoms with E-state index < -0.39 is 16.4 Å². The lowest BCUT2D eigenvalue weighted by Gasteiger charge is -2.19. The summed E-state index contributed by atoms with van der Waals surface area (Å²) in [7, 11) is 0. The predicted octanol–water partition coefficient (Wildman–Crippen LogP) is 5.77. The molecule has 0 aliphatic heterocycles. The Morgan fingerprint density at radius 2 is 1.59 bits per heavy atom. The van der Waals surface area contributed by atoms with Gasteiger partial charge < -0.3 is 5.32 Å². The van der Waals surface area contributed by atoms with E-state index in [1.54, 1.807) is 42.5 Å². The smallest absolute Gasteiger partial charge is 0.283 e. The van der Waals surface area contributed by atoms with Gasteiger partial charge in [0.1, 0.15) is 5.82 Å². The van der Waals surface area contributed by atoms with Gasteiger partial charge in [0.15, 0.2) is 0 Å². The highest BCUT2D eigenvalue weighted by Crippen LogP contribution is 2.42. The summed E-state index contributed by atoms with van der Waals surface area (Å²) in [5.74, 6) is -0.187. The van der Waals surface area contributed by atoms with E-state index in [1.165, 1.54) is 13.0 Å². The Bertz CT molecular complexity index is 1410. The lowest BCUT2D eigenvalue weighted by Crippen LogP contribution is -2.27. The maximum atomic E-state index is 13.2. The second-order valence-electron chi connectivity index (χ2n) is 7.20. The van der Waals surface area contributed by atoms with Gasteiger partial charge in [-0.15, -0.1) is 0 Å². The third-order valence-corrected chi connectivity index (χ3v) is 6.13. The molecule has 1 N–H and O–H groups in total. The number of anilines is 2. The van der Waals surface area contributed by atoms with Crippen molar-refractivity contribution in [2.45, 2.75) is 23.6 Å². The normalized spacial score (nSPS) is 10.8. The number of nitro groups is 1. The van der Waals surface area contributed by atoms with Gasteiger partial charge in [-0.1, -0.05) is 59.8 Å². The van der Waals surface area contributed by atoms with Crippen LogP contribution in [0, 0.1) is 17.0 Å². The molecular formula is C24H19N3O4S. The maximum absolute atomic E-state index is 13.2. The van der Waals surface area contributed by atoms with Crippen molar-refractivity contribution in [3.63, 3.8) is 0 Å². The van der Waals surface area contributed by atoms with Gasteiger partial charge in [0.25, 0.3) is 11.2 Å². The van der Waals surface area contributed by atoms with E-state index in [0.29, 0.717) is 26.3 Å². The summed E-state index contributed by atoms with van der Waals surface area (Å²) in [6.07, 6.45) is 0. The van der Waals surface area contributed by atoms with E-state index in [-0.39, 0.29) is 11.5 Å². The monoisotopic (exact) mass is 445 g/mol. The van der Waals surface area contributed by atoms with Crippen LogP contribution in [0.5, 0.6) is 0 Å². The van der Waals surface area contributed by atoms with E-state index in [0.717, 1.165) is 21.9 Å². The zero-order valence-corrected chi connectivity index (χ0v) is 18.2. The summed E-state index contributed by atoms with van der Waals surface area (Å²) in [5.41, 5.74) is 1.25. The van der Waals surface area contributed by atoms with Crippen molar-refractivity contribution in [3.8, 4) is 0 Å². The minimum absolute atomic E-state index is 0.0524. The second-order valence-corrected chi connectivity index (χ2v) is 8.25. The molecule has 0 atom stereocenters. The third kappa shape index (κ3) is 4.00. The SMILES string of the molecule is CC(=O)n1c(Nc2ccc(C)cc2)c(Sc2ccccc2[N+](=O)[O-])c2ccccc2c1=O. The van der Waals surface area contributed by atoms with Gasteiger partial charge in [0, 0.05) is 29.4 Å². The first kappa shape index (κ1) is 21.3. The Labute approximate surface area is 187 Å². The van der Waals surface area contributed by atoms with Gasteiger partial charge in [-0.05, 0) is 31.2 Å². The number of hydrogen-bond donors (Lipinski definition) is 1. The molecule has 160 valence electrons. The van der Waals surface area contributed by atoms with E-state index >= 15 is 0 Å². The number of carbonyl (C=O) groups is 1. The number of aromatic nitrogens is 1. The highest BCUT2D eigenvalue weighted by molar-refractivity contribution is 7.99. The molecule has 0 aliphatic rings. The molecule has 0 saturated carbocycles. The van der Waals surface area contributed by atoms with Crippen molar-refractivity contribution in [2.24, 2.45) is 0 Å². The van der Waals surface area contributed by atoms with Crippen molar-refractivity contribution in [2.75, 3.05) is 5.32 Å². The summed E-state index contributed by atoms with van der Waals surface area (Å²) >= 11 is 1.15. The van der Waals surface area contributed by atoms with Crippen LogP contribution in [0.1, 0.15) is 17.3 Å². The molecule has 0 amide bonds. The van der Waals surface area contributed by atoms with Crippen LogP contribution in [0.2, 0.25) is 0 Å². The fourth-order valence-electron chi connectivity index (χ4n) is 3.41. The molecule has 0 saturated heterocycles. The molecule has 0 radical (unpaired) electrons. The Morgan fingerprint density at radius 1 is 0.969 bits per heavy atom. The van der Waals surface area contributed by atoms with E-state index in [4.69, 9.17) is 0 Å². The van der Waals surface area contributed by atoms with Crippen LogP contribution in [0.4, 0.5) is 17.2 Å². The minimum Gasteiger partial charge on any atom is -0.340 e. The van der Waals surface area contributed by atoms with Crippen molar-refractivity contribution in [1.29, 1.82) is 0 Å². The second kappa shape index (κ2) is 8.68. The largest absolute Gasteiger partial charge is 0.340 e. The number of rotatable bonds is 5. The van der Waals surface area contributed by atoms with Gasteiger partial charge in [0.2, 0.25) is 5.91 Å². The number of nitro benzene ring substituents is 1. The molecule has 1 heterocycles. The number of carbonyl (C=O) groups excluding carboxylic acids is 1. The van der Waals surface area contributed by atoms with Crippen LogP contribution in [-0.2, 0) is 0 Å². The van der Waals surface area contributed by atoms with E-state index in [9.17, 15) is 19.7 Å². The van der Waals surface area contributed by atoms with Crippen LogP contribution in [0.3, 0.4) is 0 Å². The summed E-state index contributed by atoms with van der Waals surface area (Å²) in [6.45, 7) is 3.27. The quantitative estimate of drug-likeness (QED) is 0.309. The number of nitrogens with one attached hydrogen (secondary N) is 1. The number of pyridine rings is 1. The number of nitrogens with zero attached hydrogens (tertiary/aromatic N) is 2. The van der Waals surface area contributed by atoms with Crippen LogP contribution in [0.25, 0.3) is 10.8 Å². The maximum Gasteiger partial charge on any atom is 0.283 e. The number of hydrogen-bond acceptors (Lipinski definition) is 6. The Morgan fingerprint density at radius 3 is 2.25 bits per heavy atom. The lowest BCUT2D eigenvalue weighted by atomic mass is 10.1. The average molecular weight is 446 g/mol. The Balaban J connectivity index is 2.02. The fourth-order valence-corrected chi connectivity index (χ4v) is 4.55. The zero-order chi connectivity index (χ0) is 22.8. The number of para-hydroxylation sites is 1. The topological polar surface area (TPSA) is 94.2 Å². The predicted molar refractivity (Wildman–Crippen MR) is 126 cm³/mol. The van der Waals surface area contributed by atoms with Gasteiger partial charge in [0.05, 0.1) is 14.7 Å². The van der Waals surface area contributed by atoms with Crippen LogP contribution >= 0.6 is 11.8 Å². The van der Waals surface area contributed by atoms with Crippen molar-refractivity contribution in [3.05, 3.63) is 98.8 Å². The molecule has 32 heavy (non-hydrogen) atoms. The van der Waals surface area contributed by atoms with E-state index in [1.807, 2.05) is 31.2 Å². The van der Waals surface area contributed by atoms with Crippen LogP contribution < -0.4 is 10.9 Å². The molecule has 0 spiro atoms. The number of fused-ring (bicyclic) bond motifs is 1. The van der Waals surface area contributed by atoms with Crippen molar-refractivity contribution < 1.29 is 9.72 Å². The first-order valence-electron chi connectivity index (χ1n) is 9.80. The standard InChI is InChI=1S/C24H19N3O4S/c1-15-11-13-17(14-12-15)25-23-22(32-21-10-6-5-9-20(21)27(30)31)18-7-3-4-8-19(18)24(29)26(23)16(2)28/h3-14,25H,1-2H3. The summed E-state index contributed by atoms with van der Waals surface area (Å²) < 4.78 is 1.08. The first-order valence-corrected chi connectivity index (χ1v) is 10.6. The molecule has 4 rings (SSSR count). The first-order chi connectivity index (χ1) is 15.4. The molecule has 8 heteroatoms. The fraction of sp³-hybridized carbons (Fsp3) is 0.0833. The molecule has 7 nitrogen and oxygen atoms in total. The molecule has 0 aliphatic carbocycles.